The summed E-state index contributed by atoms with van der Waals surface area (Å²) < 4.78 is 5.81. The minimum atomic E-state index is 0.238. The predicted molar refractivity (Wildman–Crippen MR) is 89.1 cm³/mol. The third kappa shape index (κ3) is 2.69. The topological polar surface area (TPSA) is 42.2 Å². The second-order valence-electron chi connectivity index (χ2n) is 7.99. The molecule has 2 aliphatic carbocycles. The fourth-order valence-electron chi connectivity index (χ4n) is 3.89. The summed E-state index contributed by atoms with van der Waals surface area (Å²) in [6.45, 7) is 6.48. The Bertz CT molecular complexity index is 690. The molecule has 2 fully saturated rings. The quantitative estimate of drug-likeness (QED) is 0.815. The van der Waals surface area contributed by atoms with Gasteiger partial charge in [0.1, 0.15) is 0 Å². The first-order valence-electron chi connectivity index (χ1n) is 8.57. The first-order chi connectivity index (χ1) is 11.0. The summed E-state index contributed by atoms with van der Waals surface area (Å²) >= 11 is 0. The molecule has 1 aromatic carbocycles. The molecule has 2 aromatic rings. The van der Waals surface area contributed by atoms with E-state index in [9.17, 15) is 0 Å². The largest absolute Gasteiger partial charge is 0.424 e. The smallest absolute Gasteiger partial charge is 0.230 e. The van der Waals surface area contributed by atoms with Crippen LogP contribution in [0.1, 0.15) is 56.4 Å². The summed E-state index contributed by atoms with van der Waals surface area (Å²) in [5.74, 6) is 2.11. The Hall–Kier alpha value is -1.68. The summed E-state index contributed by atoms with van der Waals surface area (Å²) in [7, 11) is 2.15. The molecule has 4 heteroatoms. The Morgan fingerprint density at radius 2 is 1.87 bits per heavy atom. The highest BCUT2D eigenvalue weighted by atomic mass is 16.4. The zero-order valence-electron chi connectivity index (χ0n) is 14.2. The van der Waals surface area contributed by atoms with E-state index in [0.29, 0.717) is 11.3 Å². The molecule has 122 valence electrons. The maximum Gasteiger partial charge on any atom is 0.230 e. The van der Waals surface area contributed by atoms with Crippen molar-refractivity contribution in [1.29, 1.82) is 0 Å². The summed E-state index contributed by atoms with van der Waals surface area (Å²) in [4.78, 5) is 2.33. The Labute approximate surface area is 137 Å². The highest BCUT2D eigenvalue weighted by molar-refractivity contribution is 5.37. The molecule has 4 nitrogen and oxygen atoms in total. The summed E-state index contributed by atoms with van der Waals surface area (Å²) in [6, 6.07) is 10.9. The maximum absolute atomic E-state index is 5.81. The number of hydrogen-bond donors (Lipinski definition) is 0. The van der Waals surface area contributed by atoms with Crippen LogP contribution in [0.5, 0.6) is 0 Å². The molecule has 23 heavy (non-hydrogen) atoms. The van der Waals surface area contributed by atoms with Gasteiger partial charge in [-0.3, -0.25) is 4.90 Å². The highest BCUT2D eigenvalue weighted by Crippen LogP contribution is 2.64. The molecule has 1 aromatic heterocycles. The van der Waals surface area contributed by atoms with Gasteiger partial charge in [0.2, 0.25) is 11.8 Å². The van der Waals surface area contributed by atoms with Crippen molar-refractivity contribution in [3.05, 3.63) is 47.7 Å². The van der Waals surface area contributed by atoms with Crippen LogP contribution in [0.3, 0.4) is 0 Å². The molecule has 0 unspecified atom stereocenters. The molecule has 2 saturated carbocycles. The molecule has 4 rings (SSSR count). The van der Waals surface area contributed by atoms with E-state index in [0.717, 1.165) is 24.9 Å². The monoisotopic (exact) mass is 311 g/mol. The van der Waals surface area contributed by atoms with Crippen LogP contribution in [0, 0.1) is 5.41 Å². The number of rotatable bonds is 6. The van der Waals surface area contributed by atoms with Gasteiger partial charge in [0.25, 0.3) is 0 Å². The third-order valence-corrected chi connectivity index (χ3v) is 5.59. The minimum Gasteiger partial charge on any atom is -0.424 e. The van der Waals surface area contributed by atoms with Gasteiger partial charge >= 0.3 is 0 Å². The highest BCUT2D eigenvalue weighted by Gasteiger charge is 2.61. The van der Waals surface area contributed by atoms with Crippen LogP contribution in [-0.4, -0.2) is 28.7 Å². The van der Waals surface area contributed by atoms with Gasteiger partial charge in [-0.05, 0) is 37.3 Å². The van der Waals surface area contributed by atoms with Gasteiger partial charge in [-0.25, -0.2) is 0 Å². The van der Waals surface area contributed by atoms with Gasteiger partial charge < -0.3 is 4.42 Å². The van der Waals surface area contributed by atoms with Crippen molar-refractivity contribution in [1.82, 2.24) is 15.1 Å². The van der Waals surface area contributed by atoms with Crippen LogP contribution in [-0.2, 0) is 12.0 Å². The number of benzene rings is 1. The van der Waals surface area contributed by atoms with Crippen LogP contribution >= 0.6 is 0 Å². The van der Waals surface area contributed by atoms with E-state index in [1.807, 2.05) is 0 Å². The van der Waals surface area contributed by atoms with E-state index < -0.39 is 0 Å². The van der Waals surface area contributed by atoms with Gasteiger partial charge in [0, 0.05) is 17.9 Å². The Morgan fingerprint density at radius 1 is 1.17 bits per heavy atom. The Morgan fingerprint density at radius 3 is 2.48 bits per heavy atom. The predicted octanol–water partition coefficient (Wildman–Crippen LogP) is 3.75. The van der Waals surface area contributed by atoms with E-state index in [-0.39, 0.29) is 5.41 Å². The molecule has 0 spiro atoms. The number of hydrogen-bond acceptors (Lipinski definition) is 4. The summed E-state index contributed by atoms with van der Waals surface area (Å²) in [5, 5.41) is 8.41. The van der Waals surface area contributed by atoms with E-state index in [4.69, 9.17) is 4.42 Å². The first-order valence-corrected chi connectivity index (χ1v) is 8.57. The first kappa shape index (κ1) is 14.9. The lowest BCUT2D eigenvalue weighted by atomic mass is 9.87. The zero-order valence-corrected chi connectivity index (χ0v) is 14.2. The van der Waals surface area contributed by atoms with Crippen LogP contribution in [0.15, 0.2) is 34.7 Å². The number of likely N-dealkylation sites (N-methyl/N-ethyl adjacent to an activating group) is 1. The van der Waals surface area contributed by atoms with E-state index in [1.165, 1.54) is 24.8 Å². The molecular formula is C19H25N3O. The second-order valence-corrected chi connectivity index (χ2v) is 7.99. The van der Waals surface area contributed by atoms with Gasteiger partial charge in [0.05, 0.1) is 6.54 Å². The normalized spacial score (nSPS) is 25.7. The molecule has 0 N–H and O–H groups in total. The molecule has 0 saturated heterocycles. The average molecular weight is 311 g/mol. The second kappa shape index (κ2) is 5.17. The van der Waals surface area contributed by atoms with Crippen molar-refractivity contribution in [2.45, 2.75) is 51.0 Å². The van der Waals surface area contributed by atoms with Crippen LogP contribution in [0.25, 0.3) is 0 Å². The third-order valence-electron chi connectivity index (χ3n) is 5.59. The van der Waals surface area contributed by atoms with Gasteiger partial charge in [-0.1, -0.05) is 44.2 Å². The van der Waals surface area contributed by atoms with Gasteiger partial charge in [-0.15, -0.1) is 10.2 Å². The summed E-state index contributed by atoms with van der Waals surface area (Å²) in [6.07, 6.45) is 3.62. The van der Waals surface area contributed by atoms with Gasteiger partial charge in [-0.2, -0.15) is 0 Å². The lowest BCUT2D eigenvalue weighted by molar-refractivity contribution is 0.245. The zero-order chi connectivity index (χ0) is 16.1. The maximum atomic E-state index is 5.81. The van der Waals surface area contributed by atoms with Crippen molar-refractivity contribution >= 4 is 0 Å². The number of aromatic nitrogens is 2. The Balaban J connectivity index is 1.47. The molecule has 0 radical (unpaired) electrons. The molecular weight excluding hydrogens is 286 g/mol. The molecule has 2 aliphatic rings. The van der Waals surface area contributed by atoms with Crippen LogP contribution in [0.4, 0.5) is 0 Å². The molecule has 0 bridgehead atoms. The fraction of sp³-hybridized carbons (Fsp3) is 0.579. The van der Waals surface area contributed by atoms with Crippen molar-refractivity contribution < 1.29 is 4.42 Å². The molecule has 0 amide bonds. The SMILES string of the molecule is CN(Cc1nnc(C2CC2)o1)C[C@]1(c2ccccc2)CC1(C)C. The van der Waals surface area contributed by atoms with Crippen molar-refractivity contribution in [3.63, 3.8) is 0 Å². The lowest BCUT2D eigenvalue weighted by Gasteiger charge is -2.26. The molecule has 1 atom stereocenters. The molecule has 0 aliphatic heterocycles. The van der Waals surface area contributed by atoms with Crippen LogP contribution in [0.2, 0.25) is 0 Å². The van der Waals surface area contributed by atoms with Gasteiger partial charge in [0.15, 0.2) is 0 Å². The van der Waals surface area contributed by atoms with E-state index in [2.05, 4.69) is 66.3 Å². The van der Waals surface area contributed by atoms with Crippen molar-refractivity contribution in [3.8, 4) is 0 Å². The Kier molecular flexibility index (Phi) is 3.34. The fourth-order valence-corrected chi connectivity index (χ4v) is 3.89. The standard InChI is InChI=1S/C19H25N3O/c1-18(2)12-19(18,15-7-5-4-6-8-15)13-22(3)11-16-20-21-17(23-16)14-9-10-14/h4-8,14H,9-13H2,1-3H3/t19-/m0/s1. The van der Waals surface area contributed by atoms with Crippen molar-refractivity contribution in [2.24, 2.45) is 5.41 Å². The van der Waals surface area contributed by atoms with Crippen molar-refractivity contribution in [2.75, 3.05) is 13.6 Å². The summed E-state index contributed by atoms with van der Waals surface area (Å²) in [5.41, 5.74) is 2.03. The lowest BCUT2D eigenvalue weighted by Crippen LogP contribution is -2.32. The van der Waals surface area contributed by atoms with E-state index in [1.54, 1.807) is 0 Å². The number of nitrogens with zero attached hydrogens (tertiary/aromatic N) is 3. The minimum absolute atomic E-state index is 0.238. The average Bonchev–Trinajstić information content (AvgIpc) is 3.40. The van der Waals surface area contributed by atoms with Crippen LogP contribution < -0.4 is 0 Å². The van der Waals surface area contributed by atoms with E-state index >= 15 is 0 Å². The molecule has 1 heterocycles.